The third kappa shape index (κ3) is 9.80. The van der Waals surface area contributed by atoms with Crippen molar-refractivity contribution in [3.63, 3.8) is 0 Å². The van der Waals surface area contributed by atoms with Gasteiger partial charge in [0.15, 0.2) is 0 Å². The Balaban J connectivity index is 0.000000658. The Bertz CT molecular complexity index is 1230. The maximum Gasteiger partial charge on any atom is 0.466 e. The summed E-state index contributed by atoms with van der Waals surface area (Å²) in [5, 5.41) is 10.8. The molecule has 5 nitrogen and oxygen atoms in total. The molecule has 4 rings (SSSR count). The fraction of sp³-hybridized carbons (Fsp3) is 0.200. The van der Waals surface area contributed by atoms with E-state index in [1.54, 1.807) is 0 Å². The highest BCUT2D eigenvalue weighted by molar-refractivity contribution is 7.45. The van der Waals surface area contributed by atoms with Gasteiger partial charge >= 0.3 is 7.82 Å². The van der Waals surface area contributed by atoms with Crippen LogP contribution in [0.1, 0.15) is 33.4 Å². The molecule has 6 heteroatoms. The molecule has 0 atom stereocenters. The van der Waals surface area contributed by atoms with E-state index in [2.05, 4.69) is 97.1 Å². The Labute approximate surface area is 213 Å². The van der Waals surface area contributed by atoms with Crippen molar-refractivity contribution in [1.82, 2.24) is 0 Å². The summed E-state index contributed by atoms with van der Waals surface area (Å²) in [6, 6.07) is 35.9. The summed E-state index contributed by atoms with van der Waals surface area (Å²) in [6.45, 7) is 0. The minimum absolute atomic E-state index is 0.433. The first kappa shape index (κ1) is 27.4. The van der Waals surface area contributed by atoms with E-state index >= 15 is 0 Å². The van der Waals surface area contributed by atoms with Crippen molar-refractivity contribution in [2.24, 2.45) is 0 Å². The molecule has 0 aliphatic carbocycles. The average Bonchev–Trinajstić information content (AvgIpc) is 2.87. The highest BCUT2D eigenvalue weighted by atomic mass is 31.2. The lowest BCUT2D eigenvalue weighted by Gasteiger charge is -2.17. The van der Waals surface area contributed by atoms with Crippen LogP contribution in [0.3, 0.4) is 0 Å². The van der Waals surface area contributed by atoms with Crippen molar-refractivity contribution in [3.05, 3.63) is 137 Å². The van der Waals surface area contributed by atoms with Crippen LogP contribution in [-0.4, -0.2) is 19.8 Å². The molecule has 0 unspecified atom stereocenters. The van der Waals surface area contributed by atoms with E-state index in [0.29, 0.717) is 5.75 Å². The van der Waals surface area contributed by atoms with Gasteiger partial charge in [0.25, 0.3) is 0 Å². The van der Waals surface area contributed by atoms with E-state index < -0.39 is 7.82 Å². The van der Waals surface area contributed by atoms with Crippen LogP contribution >= 0.6 is 7.82 Å². The maximum atomic E-state index is 10.8. The zero-order valence-corrected chi connectivity index (χ0v) is 21.1. The monoisotopic (exact) mass is 504 g/mol. The summed E-state index contributed by atoms with van der Waals surface area (Å²) in [4.78, 5) is 21.6. The molecular formula is C30H33O5P. The van der Waals surface area contributed by atoms with Gasteiger partial charge in [-0.2, -0.15) is 0 Å². The number of hydrogen-bond acceptors (Lipinski definition) is 2. The molecule has 0 saturated heterocycles. The molecule has 4 aromatic rings. The average molecular weight is 505 g/mol. The zero-order valence-electron chi connectivity index (χ0n) is 20.2. The van der Waals surface area contributed by atoms with E-state index in [-0.39, 0.29) is 0 Å². The summed E-state index contributed by atoms with van der Waals surface area (Å²) in [5.74, 6) is 0.433. The minimum Gasteiger partial charge on any atom is -0.508 e. The molecule has 0 saturated carbocycles. The van der Waals surface area contributed by atoms with Crippen molar-refractivity contribution in [3.8, 4) is 5.75 Å². The first-order chi connectivity index (χ1) is 17.3. The predicted octanol–water partition coefficient (Wildman–Crippen LogP) is 5.82. The molecule has 0 spiro atoms. The third-order valence-corrected chi connectivity index (χ3v) is 6.04. The van der Waals surface area contributed by atoms with Crippen LogP contribution in [0.4, 0.5) is 0 Å². The largest absolute Gasteiger partial charge is 0.508 e. The molecule has 0 radical (unpaired) electrons. The molecule has 188 valence electrons. The van der Waals surface area contributed by atoms with Gasteiger partial charge in [0, 0.05) is 0 Å². The quantitative estimate of drug-likeness (QED) is 0.215. The highest BCUT2D eigenvalue weighted by Gasteiger charge is 2.14. The van der Waals surface area contributed by atoms with Gasteiger partial charge in [-0.05, 0) is 78.0 Å². The number of aromatic hydroxyl groups is 1. The maximum absolute atomic E-state index is 10.8. The second-order valence-electron chi connectivity index (χ2n) is 8.67. The Kier molecular flexibility index (Phi) is 10.5. The number of benzene rings is 4. The smallest absolute Gasteiger partial charge is 0.466 e. The standard InChI is InChI=1S/C30H30O.H3O4P/c31-30-23-20-27(19-16-24-10-4-1-5-11-24)28(21-17-25-12-6-2-7-13-25)29(30)22-18-26-14-8-3-9-15-26;1-5(2,3)4/h1-15,20,23,31H,16-19,21-22H2;(H3,1,2,3,4). The SMILES string of the molecule is O=P(O)(O)O.Oc1ccc(CCc2ccccc2)c(CCc2ccccc2)c1CCc1ccccc1. The molecule has 0 heterocycles. The van der Waals surface area contributed by atoms with Gasteiger partial charge in [-0.1, -0.05) is 97.1 Å². The second kappa shape index (κ2) is 13.8. The lowest BCUT2D eigenvalue weighted by molar-refractivity contribution is 0.275. The van der Waals surface area contributed by atoms with Crippen molar-refractivity contribution in [1.29, 1.82) is 0 Å². The number of rotatable bonds is 9. The second-order valence-corrected chi connectivity index (χ2v) is 9.70. The van der Waals surface area contributed by atoms with E-state index in [1.165, 1.54) is 27.8 Å². The molecule has 0 aliphatic rings. The fourth-order valence-electron chi connectivity index (χ4n) is 4.31. The number of aryl methyl sites for hydroxylation is 4. The summed E-state index contributed by atoms with van der Waals surface area (Å²) < 4.78 is 8.88. The summed E-state index contributed by atoms with van der Waals surface area (Å²) in [7, 11) is -4.64. The van der Waals surface area contributed by atoms with E-state index in [1.807, 2.05) is 6.07 Å². The van der Waals surface area contributed by atoms with Crippen LogP contribution in [0.25, 0.3) is 0 Å². The predicted molar refractivity (Wildman–Crippen MR) is 144 cm³/mol. The molecule has 0 aliphatic heterocycles. The van der Waals surface area contributed by atoms with Crippen LogP contribution in [0.5, 0.6) is 5.75 Å². The van der Waals surface area contributed by atoms with Crippen LogP contribution in [0, 0.1) is 0 Å². The van der Waals surface area contributed by atoms with Crippen LogP contribution < -0.4 is 0 Å². The normalized spacial score (nSPS) is 11.0. The molecule has 0 bridgehead atoms. The molecule has 0 fully saturated rings. The third-order valence-electron chi connectivity index (χ3n) is 6.04. The Hall–Kier alpha value is -3.21. The van der Waals surface area contributed by atoms with Crippen molar-refractivity contribution in [2.45, 2.75) is 38.5 Å². The van der Waals surface area contributed by atoms with E-state index in [4.69, 9.17) is 19.2 Å². The van der Waals surface area contributed by atoms with E-state index in [9.17, 15) is 5.11 Å². The van der Waals surface area contributed by atoms with Crippen molar-refractivity contribution >= 4 is 7.82 Å². The molecule has 4 aromatic carbocycles. The number of hydrogen-bond donors (Lipinski definition) is 4. The van der Waals surface area contributed by atoms with Gasteiger partial charge < -0.3 is 19.8 Å². The first-order valence-electron chi connectivity index (χ1n) is 12.0. The molecule has 0 amide bonds. The zero-order chi connectivity index (χ0) is 25.8. The summed E-state index contributed by atoms with van der Waals surface area (Å²) in [5.41, 5.74) is 7.82. The summed E-state index contributed by atoms with van der Waals surface area (Å²) in [6.07, 6.45) is 5.75. The fourth-order valence-corrected chi connectivity index (χ4v) is 4.31. The van der Waals surface area contributed by atoms with Crippen LogP contribution in [0.15, 0.2) is 103 Å². The van der Waals surface area contributed by atoms with Crippen molar-refractivity contribution < 1.29 is 24.4 Å². The molecular weight excluding hydrogens is 471 g/mol. The number of phenols is 1. The molecule has 0 aromatic heterocycles. The van der Waals surface area contributed by atoms with Gasteiger partial charge in [0.2, 0.25) is 0 Å². The van der Waals surface area contributed by atoms with Crippen LogP contribution in [-0.2, 0) is 43.1 Å². The van der Waals surface area contributed by atoms with Gasteiger partial charge in [0.1, 0.15) is 5.75 Å². The summed E-state index contributed by atoms with van der Waals surface area (Å²) >= 11 is 0. The first-order valence-corrected chi connectivity index (χ1v) is 13.6. The van der Waals surface area contributed by atoms with Crippen LogP contribution in [0.2, 0.25) is 0 Å². The van der Waals surface area contributed by atoms with Gasteiger partial charge in [-0.15, -0.1) is 0 Å². The topological polar surface area (TPSA) is 98.0 Å². The number of phosphoric acid groups is 1. The minimum atomic E-state index is -4.64. The van der Waals surface area contributed by atoms with Gasteiger partial charge in [0.05, 0.1) is 0 Å². The lowest BCUT2D eigenvalue weighted by Crippen LogP contribution is -2.06. The van der Waals surface area contributed by atoms with E-state index in [0.717, 1.165) is 44.1 Å². The Morgan fingerprint density at radius 3 is 1.25 bits per heavy atom. The lowest BCUT2D eigenvalue weighted by atomic mass is 9.88. The highest BCUT2D eigenvalue weighted by Crippen LogP contribution is 2.29. The van der Waals surface area contributed by atoms with Crippen molar-refractivity contribution in [2.75, 3.05) is 0 Å². The molecule has 4 N–H and O–H groups in total. The Morgan fingerprint density at radius 2 is 0.833 bits per heavy atom. The number of phenolic OH excluding ortho intramolecular Hbond substituents is 1. The molecule has 36 heavy (non-hydrogen) atoms. The Morgan fingerprint density at radius 1 is 0.472 bits per heavy atom. The van der Waals surface area contributed by atoms with Gasteiger partial charge in [-0.3, -0.25) is 0 Å². The van der Waals surface area contributed by atoms with Gasteiger partial charge in [-0.25, -0.2) is 4.57 Å².